The van der Waals surface area contributed by atoms with Gasteiger partial charge in [-0.05, 0) is 81.8 Å². The monoisotopic (exact) mass is 386 g/mol. The van der Waals surface area contributed by atoms with Gasteiger partial charge < -0.3 is 14.0 Å². The standard InChI is InChI=1S/C25H26N2O2/c1-17(2)28-23-9-7-22(8-10-23)27-14-13-20-15-19(5-11-24(20)27)21-6-12-25(26-16-21)29-18(3)4/h5-18H,1-4H3. The van der Waals surface area contributed by atoms with Gasteiger partial charge in [0, 0.05) is 35.1 Å². The summed E-state index contributed by atoms with van der Waals surface area (Å²) in [6.45, 7) is 8.06. The first kappa shape index (κ1) is 19.1. The summed E-state index contributed by atoms with van der Waals surface area (Å²) in [5.41, 5.74) is 4.49. The molecule has 0 amide bonds. The molecular formula is C25H26N2O2. The normalized spacial score (nSPS) is 11.4. The minimum absolute atomic E-state index is 0.121. The van der Waals surface area contributed by atoms with Gasteiger partial charge in [0.15, 0.2) is 0 Å². The summed E-state index contributed by atoms with van der Waals surface area (Å²) in [5, 5.41) is 1.19. The van der Waals surface area contributed by atoms with E-state index in [1.165, 1.54) is 10.9 Å². The highest BCUT2D eigenvalue weighted by Gasteiger charge is 2.07. The number of benzene rings is 2. The fourth-order valence-corrected chi connectivity index (χ4v) is 3.37. The van der Waals surface area contributed by atoms with E-state index in [4.69, 9.17) is 9.47 Å². The van der Waals surface area contributed by atoms with Crippen LogP contribution in [0.4, 0.5) is 0 Å². The number of ether oxygens (including phenoxy) is 2. The Labute approximate surface area is 171 Å². The van der Waals surface area contributed by atoms with Crippen molar-refractivity contribution in [3.63, 3.8) is 0 Å². The molecule has 2 aromatic heterocycles. The lowest BCUT2D eigenvalue weighted by Crippen LogP contribution is -2.06. The van der Waals surface area contributed by atoms with Crippen molar-refractivity contribution < 1.29 is 9.47 Å². The van der Waals surface area contributed by atoms with Crippen molar-refractivity contribution in [1.29, 1.82) is 0 Å². The fourth-order valence-electron chi connectivity index (χ4n) is 3.37. The maximum atomic E-state index is 5.74. The van der Waals surface area contributed by atoms with Gasteiger partial charge in [0.1, 0.15) is 5.75 Å². The summed E-state index contributed by atoms with van der Waals surface area (Å²) in [5.74, 6) is 1.54. The van der Waals surface area contributed by atoms with E-state index in [0.29, 0.717) is 5.88 Å². The van der Waals surface area contributed by atoms with Gasteiger partial charge in [-0.25, -0.2) is 4.98 Å². The second kappa shape index (κ2) is 8.00. The maximum Gasteiger partial charge on any atom is 0.213 e. The summed E-state index contributed by atoms with van der Waals surface area (Å²) in [6, 6.07) is 20.8. The Morgan fingerprint density at radius 3 is 2.14 bits per heavy atom. The van der Waals surface area contributed by atoms with E-state index in [0.717, 1.165) is 22.6 Å². The predicted octanol–water partition coefficient (Wildman–Crippen LogP) is 6.27. The smallest absolute Gasteiger partial charge is 0.213 e. The van der Waals surface area contributed by atoms with Gasteiger partial charge in [0.2, 0.25) is 5.88 Å². The molecule has 0 spiro atoms. The van der Waals surface area contributed by atoms with Crippen molar-refractivity contribution in [2.75, 3.05) is 0 Å². The van der Waals surface area contributed by atoms with Gasteiger partial charge in [0.05, 0.1) is 17.7 Å². The Hall–Kier alpha value is -3.27. The first-order valence-corrected chi connectivity index (χ1v) is 10.0. The first-order chi connectivity index (χ1) is 14.0. The van der Waals surface area contributed by atoms with Gasteiger partial charge in [-0.3, -0.25) is 0 Å². The molecule has 0 fully saturated rings. The molecule has 0 radical (unpaired) electrons. The van der Waals surface area contributed by atoms with Crippen LogP contribution in [-0.2, 0) is 0 Å². The van der Waals surface area contributed by atoms with Gasteiger partial charge in [-0.1, -0.05) is 6.07 Å². The van der Waals surface area contributed by atoms with Gasteiger partial charge in [0.25, 0.3) is 0 Å². The third-order valence-electron chi connectivity index (χ3n) is 4.60. The van der Waals surface area contributed by atoms with Crippen LogP contribution in [0.1, 0.15) is 27.7 Å². The van der Waals surface area contributed by atoms with E-state index in [9.17, 15) is 0 Å². The van der Waals surface area contributed by atoms with Gasteiger partial charge >= 0.3 is 0 Å². The highest BCUT2D eigenvalue weighted by atomic mass is 16.5. The Morgan fingerprint density at radius 1 is 0.759 bits per heavy atom. The SMILES string of the molecule is CC(C)Oc1ccc(-n2ccc3cc(-c4ccc(OC(C)C)nc4)ccc32)cc1. The topological polar surface area (TPSA) is 36.3 Å². The van der Waals surface area contributed by atoms with Crippen LogP contribution in [0.5, 0.6) is 11.6 Å². The minimum Gasteiger partial charge on any atom is -0.491 e. The van der Waals surface area contributed by atoms with Gasteiger partial charge in [-0.15, -0.1) is 0 Å². The molecular weight excluding hydrogens is 360 g/mol. The summed E-state index contributed by atoms with van der Waals surface area (Å²) < 4.78 is 13.6. The largest absolute Gasteiger partial charge is 0.491 e. The van der Waals surface area contributed by atoms with Crippen LogP contribution < -0.4 is 9.47 Å². The van der Waals surface area contributed by atoms with Crippen LogP contribution in [0.25, 0.3) is 27.7 Å². The first-order valence-electron chi connectivity index (χ1n) is 10.0. The predicted molar refractivity (Wildman–Crippen MR) is 118 cm³/mol. The lowest BCUT2D eigenvalue weighted by atomic mass is 10.1. The number of nitrogens with zero attached hydrogens (tertiary/aromatic N) is 2. The van der Waals surface area contributed by atoms with E-state index >= 15 is 0 Å². The molecule has 0 aliphatic carbocycles. The number of rotatable bonds is 6. The Kier molecular flexibility index (Phi) is 5.26. The van der Waals surface area contributed by atoms with E-state index in [1.54, 1.807) is 0 Å². The van der Waals surface area contributed by atoms with Gasteiger partial charge in [-0.2, -0.15) is 0 Å². The molecule has 0 aliphatic rings. The van der Waals surface area contributed by atoms with E-state index in [-0.39, 0.29) is 12.2 Å². The zero-order valence-corrected chi connectivity index (χ0v) is 17.3. The second-order valence-electron chi connectivity index (χ2n) is 7.67. The maximum absolute atomic E-state index is 5.74. The summed E-state index contributed by atoms with van der Waals surface area (Å²) >= 11 is 0. The van der Waals surface area contributed by atoms with Crippen LogP contribution in [-0.4, -0.2) is 21.8 Å². The molecule has 0 bridgehead atoms. The van der Waals surface area contributed by atoms with E-state index < -0.39 is 0 Å². The summed E-state index contributed by atoms with van der Waals surface area (Å²) in [7, 11) is 0. The van der Waals surface area contributed by atoms with Crippen molar-refractivity contribution in [3.05, 3.63) is 73.1 Å². The number of hydrogen-bond acceptors (Lipinski definition) is 3. The van der Waals surface area contributed by atoms with Crippen LogP contribution >= 0.6 is 0 Å². The number of pyridine rings is 1. The molecule has 0 N–H and O–H groups in total. The molecule has 2 heterocycles. The third-order valence-corrected chi connectivity index (χ3v) is 4.60. The number of aromatic nitrogens is 2. The summed E-state index contributed by atoms with van der Waals surface area (Å²) in [4.78, 5) is 4.42. The van der Waals surface area contributed by atoms with Crippen LogP contribution in [0.15, 0.2) is 73.1 Å². The lowest BCUT2D eigenvalue weighted by molar-refractivity contribution is 0.232. The zero-order valence-electron chi connectivity index (χ0n) is 17.3. The molecule has 0 unspecified atom stereocenters. The van der Waals surface area contributed by atoms with Crippen molar-refractivity contribution in [3.8, 4) is 28.4 Å². The minimum atomic E-state index is 0.121. The number of hydrogen-bond donors (Lipinski definition) is 0. The number of fused-ring (bicyclic) bond motifs is 1. The quantitative estimate of drug-likeness (QED) is 0.392. The zero-order chi connectivity index (χ0) is 20.4. The molecule has 0 atom stereocenters. The summed E-state index contributed by atoms with van der Waals surface area (Å²) in [6.07, 6.45) is 4.26. The lowest BCUT2D eigenvalue weighted by Gasteiger charge is -2.11. The molecule has 4 aromatic rings. The fraction of sp³-hybridized carbons (Fsp3) is 0.240. The van der Waals surface area contributed by atoms with Crippen molar-refractivity contribution >= 4 is 10.9 Å². The van der Waals surface area contributed by atoms with Crippen LogP contribution in [0.2, 0.25) is 0 Å². The Balaban J connectivity index is 1.60. The molecule has 4 heteroatoms. The second-order valence-corrected chi connectivity index (χ2v) is 7.67. The van der Waals surface area contributed by atoms with Crippen molar-refractivity contribution in [2.24, 2.45) is 0 Å². The molecule has 0 saturated carbocycles. The Morgan fingerprint density at radius 2 is 1.48 bits per heavy atom. The molecule has 0 aliphatic heterocycles. The molecule has 29 heavy (non-hydrogen) atoms. The van der Waals surface area contributed by atoms with Crippen LogP contribution in [0, 0.1) is 0 Å². The highest BCUT2D eigenvalue weighted by Crippen LogP contribution is 2.28. The van der Waals surface area contributed by atoms with Crippen molar-refractivity contribution in [1.82, 2.24) is 9.55 Å². The third kappa shape index (κ3) is 4.27. The van der Waals surface area contributed by atoms with Crippen LogP contribution in [0.3, 0.4) is 0 Å². The highest BCUT2D eigenvalue weighted by molar-refractivity contribution is 5.87. The molecule has 4 rings (SSSR count). The molecule has 4 nitrogen and oxygen atoms in total. The van der Waals surface area contributed by atoms with E-state index in [1.807, 2.05) is 52.1 Å². The average Bonchev–Trinajstić information content (AvgIpc) is 3.11. The Bertz CT molecular complexity index is 1090. The molecule has 148 valence electrons. The van der Waals surface area contributed by atoms with Crippen molar-refractivity contribution in [2.45, 2.75) is 39.9 Å². The van der Waals surface area contributed by atoms with E-state index in [2.05, 4.69) is 58.2 Å². The average molecular weight is 386 g/mol. The molecule has 2 aromatic carbocycles. The molecule has 0 saturated heterocycles.